The Balaban J connectivity index is 1.36. The Morgan fingerprint density at radius 1 is 0.941 bits per heavy atom. The van der Waals surface area contributed by atoms with Crippen LogP contribution in [-0.2, 0) is 11.3 Å². The lowest BCUT2D eigenvalue weighted by Gasteiger charge is -2.14. The number of hydrogen-bond donors (Lipinski definition) is 1. The SMILES string of the molecule is O=C(Cn1c2ccccc2c(=O)c2ccccc21)N/N=C/c1ccc(-c2ccc(Cl)cc2Cl)o1. The molecule has 2 heterocycles. The van der Waals surface area contributed by atoms with Gasteiger partial charge in [0.05, 0.1) is 22.3 Å². The predicted molar refractivity (Wildman–Crippen MR) is 136 cm³/mol. The fourth-order valence-corrected chi connectivity index (χ4v) is 4.35. The fraction of sp³-hybridized carbons (Fsp3) is 0.0385. The Labute approximate surface area is 204 Å². The zero-order valence-corrected chi connectivity index (χ0v) is 19.2. The van der Waals surface area contributed by atoms with Gasteiger partial charge in [-0.05, 0) is 54.6 Å². The number of hydrogen-bond acceptors (Lipinski definition) is 4. The highest BCUT2D eigenvalue weighted by molar-refractivity contribution is 6.36. The third-order valence-corrected chi connectivity index (χ3v) is 5.93. The van der Waals surface area contributed by atoms with Gasteiger partial charge >= 0.3 is 0 Å². The Morgan fingerprint density at radius 2 is 1.62 bits per heavy atom. The average molecular weight is 490 g/mol. The van der Waals surface area contributed by atoms with Crippen molar-refractivity contribution in [2.24, 2.45) is 5.10 Å². The van der Waals surface area contributed by atoms with Crippen LogP contribution in [-0.4, -0.2) is 16.7 Å². The van der Waals surface area contributed by atoms with Gasteiger partial charge in [0.25, 0.3) is 5.91 Å². The second-order valence-electron chi connectivity index (χ2n) is 7.57. The molecule has 3 aromatic carbocycles. The largest absolute Gasteiger partial charge is 0.455 e. The van der Waals surface area contributed by atoms with Crippen molar-refractivity contribution in [1.29, 1.82) is 0 Å². The van der Waals surface area contributed by atoms with Gasteiger partial charge in [0.1, 0.15) is 18.1 Å². The molecule has 0 aliphatic heterocycles. The van der Waals surface area contributed by atoms with E-state index in [9.17, 15) is 9.59 Å². The Morgan fingerprint density at radius 3 is 2.29 bits per heavy atom. The summed E-state index contributed by atoms with van der Waals surface area (Å²) in [6.07, 6.45) is 1.41. The lowest BCUT2D eigenvalue weighted by Crippen LogP contribution is -2.25. The molecule has 5 aromatic rings. The minimum Gasteiger partial charge on any atom is -0.455 e. The highest BCUT2D eigenvalue weighted by atomic mass is 35.5. The lowest BCUT2D eigenvalue weighted by molar-refractivity contribution is -0.121. The molecule has 0 atom stereocenters. The first-order chi connectivity index (χ1) is 16.5. The van der Waals surface area contributed by atoms with Crippen LogP contribution in [0.3, 0.4) is 0 Å². The molecule has 0 saturated heterocycles. The molecular formula is C26H17Cl2N3O3. The van der Waals surface area contributed by atoms with Crippen molar-refractivity contribution in [3.63, 3.8) is 0 Å². The van der Waals surface area contributed by atoms with E-state index in [2.05, 4.69) is 10.5 Å². The maximum Gasteiger partial charge on any atom is 0.260 e. The highest BCUT2D eigenvalue weighted by Gasteiger charge is 2.13. The summed E-state index contributed by atoms with van der Waals surface area (Å²) in [7, 11) is 0. The second kappa shape index (κ2) is 9.17. The van der Waals surface area contributed by atoms with Gasteiger partial charge in [-0.2, -0.15) is 5.10 Å². The molecule has 0 aliphatic carbocycles. The summed E-state index contributed by atoms with van der Waals surface area (Å²) in [5, 5.41) is 6.13. The first kappa shape index (κ1) is 21.9. The molecular weight excluding hydrogens is 473 g/mol. The molecule has 1 amide bonds. The van der Waals surface area contributed by atoms with E-state index in [0.717, 1.165) is 0 Å². The Hall–Kier alpha value is -3.87. The smallest absolute Gasteiger partial charge is 0.260 e. The summed E-state index contributed by atoms with van der Waals surface area (Å²) in [6.45, 7) is -0.0115. The van der Waals surface area contributed by atoms with Gasteiger partial charge in [-0.1, -0.05) is 47.5 Å². The monoisotopic (exact) mass is 489 g/mol. The molecule has 0 aliphatic rings. The molecule has 5 rings (SSSR count). The summed E-state index contributed by atoms with van der Waals surface area (Å²) < 4.78 is 7.56. The third-order valence-electron chi connectivity index (χ3n) is 5.39. The van der Waals surface area contributed by atoms with Crippen LogP contribution >= 0.6 is 23.2 Å². The van der Waals surface area contributed by atoms with E-state index in [1.165, 1.54) is 6.21 Å². The lowest BCUT2D eigenvalue weighted by atomic mass is 10.1. The summed E-state index contributed by atoms with van der Waals surface area (Å²) >= 11 is 12.2. The molecule has 0 saturated carbocycles. The number of furan rings is 1. The molecule has 34 heavy (non-hydrogen) atoms. The van der Waals surface area contributed by atoms with Crippen LogP contribution in [0, 0.1) is 0 Å². The second-order valence-corrected chi connectivity index (χ2v) is 8.41. The number of fused-ring (bicyclic) bond motifs is 2. The minimum absolute atomic E-state index is 0.0115. The van der Waals surface area contributed by atoms with Crippen LogP contribution in [0.5, 0.6) is 0 Å². The minimum atomic E-state index is -0.345. The number of aromatic nitrogens is 1. The van der Waals surface area contributed by atoms with E-state index in [4.69, 9.17) is 27.6 Å². The Bertz CT molecular complexity index is 1580. The van der Waals surface area contributed by atoms with Crippen LogP contribution in [0.2, 0.25) is 10.0 Å². The number of rotatable bonds is 5. The molecule has 0 spiro atoms. The van der Waals surface area contributed by atoms with Gasteiger partial charge in [0, 0.05) is 21.4 Å². The molecule has 0 unspecified atom stereocenters. The van der Waals surface area contributed by atoms with Gasteiger partial charge in [-0.3, -0.25) is 9.59 Å². The normalized spacial score (nSPS) is 11.5. The molecule has 1 N–H and O–H groups in total. The number of benzene rings is 3. The number of carbonyl (C=O) groups excluding carboxylic acids is 1. The van der Waals surface area contributed by atoms with Crippen LogP contribution < -0.4 is 10.9 Å². The number of halogens is 2. The van der Waals surface area contributed by atoms with Crippen molar-refractivity contribution >= 4 is 57.1 Å². The summed E-state index contributed by atoms with van der Waals surface area (Å²) in [6, 6.07) is 23.1. The van der Waals surface area contributed by atoms with Gasteiger partial charge in [0.2, 0.25) is 0 Å². The molecule has 0 bridgehead atoms. The van der Waals surface area contributed by atoms with Crippen molar-refractivity contribution in [1.82, 2.24) is 9.99 Å². The zero-order valence-electron chi connectivity index (χ0n) is 17.7. The van der Waals surface area contributed by atoms with Crippen molar-refractivity contribution in [3.8, 4) is 11.3 Å². The van der Waals surface area contributed by atoms with Gasteiger partial charge in [-0.15, -0.1) is 0 Å². The predicted octanol–water partition coefficient (Wildman–Crippen LogP) is 5.87. The van der Waals surface area contributed by atoms with Crippen molar-refractivity contribution in [3.05, 3.63) is 105 Å². The molecule has 168 valence electrons. The quantitative estimate of drug-likeness (QED) is 0.190. The van der Waals surface area contributed by atoms with Crippen LogP contribution in [0.25, 0.3) is 33.1 Å². The third kappa shape index (κ3) is 4.21. The molecule has 8 heteroatoms. The summed E-state index contributed by atoms with van der Waals surface area (Å²) in [4.78, 5) is 25.5. The number of carbonyl (C=O) groups is 1. The van der Waals surface area contributed by atoms with E-state index in [0.29, 0.717) is 48.9 Å². The maximum atomic E-state index is 12.8. The fourth-order valence-electron chi connectivity index (χ4n) is 3.85. The highest BCUT2D eigenvalue weighted by Crippen LogP contribution is 2.31. The van der Waals surface area contributed by atoms with Crippen molar-refractivity contribution < 1.29 is 9.21 Å². The number of nitrogens with zero attached hydrogens (tertiary/aromatic N) is 2. The van der Waals surface area contributed by atoms with Gasteiger partial charge < -0.3 is 8.98 Å². The van der Waals surface area contributed by atoms with Crippen molar-refractivity contribution in [2.75, 3.05) is 0 Å². The number of pyridine rings is 1. The van der Waals surface area contributed by atoms with E-state index in [1.54, 1.807) is 42.5 Å². The van der Waals surface area contributed by atoms with Crippen LogP contribution in [0.4, 0.5) is 0 Å². The molecule has 2 aromatic heterocycles. The number of hydrazone groups is 1. The molecule has 0 radical (unpaired) electrons. The van der Waals surface area contributed by atoms with Gasteiger partial charge in [0.15, 0.2) is 5.43 Å². The van der Waals surface area contributed by atoms with E-state index < -0.39 is 0 Å². The standard InChI is InChI=1S/C26H17Cl2N3O3/c27-16-9-11-18(21(28)13-16)24-12-10-17(34-24)14-29-30-25(32)15-31-22-7-3-1-5-19(22)26(33)20-6-2-4-8-23(20)31/h1-14H,15H2,(H,30,32)/b29-14+. The average Bonchev–Trinajstić information content (AvgIpc) is 3.30. The maximum absolute atomic E-state index is 12.8. The number of amides is 1. The van der Waals surface area contributed by atoms with E-state index in [-0.39, 0.29) is 17.9 Å². The van der Waals surface area contributed by atoms with Crippen LogP contribution in [0.15, 0.2) is 93.2 Å². The first-order valence-electron chi connectivity index (χ1n) is 10.4. The Kier molecular flexibility index (Phi) is 5.92. The zero-order chi connectivity index (χ0) is 23.7. The van der Waals surface area contributed by atoms with Crippen LogP contribution in [0.1, 0.15) is 5.76 Å². The molecule has 6 nitrogen and oxygen atoms in total. The van der Waals surface area contributed by atoms with E-state index in [1.807, 2.05) is 41.0 Å². The summed E-state index contributed by atoms with van der Waals surface area (Å²) in [5.74, 6) is 0.656. The topological polar surface area (TPSA) is 76.6 Å². The summed E-state index contributed by atoms with van der Waals surface area (Å²) in [5.41, 5.74) is 4.52. The number of para-hydroxylation sites is 2. The van der Waals surface area contributed by atoms with E-state index >= 15 is 0 Å². The molecule has 0 fully saturated rings. The van der Waals surface area contributed by atoms with Crippen molar-refractivity contribution in [2.45, 2.75) is 6.54 Å². The first-order valence-corrected chi connectivity index (χ1v) is 11.1. The van der Waals surface area contributed by atoms with Gasteiger partial charge in [-0.25, -0.2) is 5.43 Å². The number of nitrogens with one attached hydrogen (secondary N) is 1.